The minimum Gasteiger partial charge on any atom is -0.474 e. The molecule has 1 aromatic heterocycles. The van der Waals surface area contributed by atoms with E-state index in [0.29, 0.717) is 12.6 Å². The second kappa shape index (κ2) is 5.47. The first-order chi connectivity index (χ1) is 8.17. The molecule has 2 heterocycles. The van der Waals surface area contributed by atoms with Gasteiger partial charge < -0.3 is 15.4 Å². The Hall–Kier alpha value is -1.13. The van der Waals surface area contributed by atoms with Crippen LogP contribution in [-0.4, -0.2) is 36.1 Å². The summed E-state index contributed by atoms with van der Waals surface area (Å²) in [5, 5.41) is 0. The number of pyridine rings is 1. The Morgan fingerprint density at radius 1 is 1.41 bits per heavy atom. The van der Waals surface area contributed by atoms with Crippen LogP contribution in [0.4, 0.5) is 0 Å². The van der Waals surface area contributed by atoms with Gasteiger partial charge in [0.05, 0.1) is 0 Å². The molecule has 17 heavy (non-hydrogen) atoms. The van der Waals surface area contributed by atoms with E-state index in [0.717, 1.165) is 43.1 Å². The van der Waals surface area contributed by atoms with Gasteiger partial charge in [0.25, 0.3) is 0 Å². The molecule has 94 valence electrons. The Morgan fingerprint density at radius 2 is 2.12 bits per heavy atom. The first-order valence-corrected chi connectivity index (χ1v) is 6.20. The van der Waals surface area contributed by atoms with Gasteiger partial charge in [-0.25, -0.2) is 4.98 Å². The summed E-state index contributed by atoms with van der Waals surface area (Å²) in [5.41, 5.74) is 7.70. The lowest BCUT2D eigenvalue weighted by Crippen LogP contribution is -2.35. The van der Waals surface area contributed by atoms with Crippen molar-refractivity contribution in [2.75, 3.05) is 20.1 Å². The molecule has 0 atom stereocenters. The van der Waals surface area contributed by atoms with Crippen LogP contribution in [-0.2, 0) is 6.54 Å². The zero-order valence-corrected chi connectivity index (χ0v) is 10.6. The lowest BCUT2D eigenvalue weighted by molar-refractivity contribution is 0.110. The summed E-state index contributed by atoms with van der Waals surface area (Å²) in [6.07, 6.45) is 2.44. The van der Waals surface area contributed by atoms with Gasteiger partial charge in [-0.3, -0.25) is 0 Å². The third-order valence-corrected chi connectivity index (χ3v) is 3.18. The molecule has 1 saturated heterocycles. The summed E-state index contributed by atoms with van der Waals surface area (Å²) in [6, 6.07) is 3.95. The largest absolute Gasteiger partial charge is 0.474 e. The molecule has 0 amide bonds. The van der Waals surface area contributed by atoms with Gasteiger partial charge in [0.2, 0.25) is 5.88 Å². The van der Waals surface area contributed by atoms with Crippen molar-refractivity contribution in [3.8, 4) is 5.88 Å². The van der Waals surface area contributed by atoms with Crippen molar-refractivity contribution in [3.05, 3.63) is 23.4 Å². The smallest absolute Gasteiger partial charge is 0.214 e. The maximum absolute atomic E-state index is 5.93. The SMILES string of the molecule is Cc1cc(CN)cc(OC2CCN(C)CC2)n1. The molecule has 0 unspecified atom stereocenters. The van der Waals surface area contributed by atoms with Gasteiger partial charge in [0.1, 0.15) is 6.10 Å². The topological polar surface area (TPSA) is 51.4 Å². The van der Waals surface area contributed by atoms with Gasteiger partial charge in [-0.15, -0.1) is 0 Å². The maximum atomic E-state index is 5.93. The molecule has 4 nitrogen and oxygen atoms in total. The first-order valence-electron chi connectivity index (χ1n) is 6.20. The van der Waals surface area contributed by atoms with Gasteiger partial charge in [-0.05, 0) is 38.4 Å². The molecule has 1 aliphatic rings. The molecular weight excluding hydrogens is 214 g/mol. The van der Waals surface area contributed by atoms with E-state index in [2.05, 4.69) is 16.9 Å². The number of hydrogen-bond acceptors (Lipinski definition) is 4. The predicted molar refractivity (Wildman–Crippen MR) is 68.0 cm³/mol. The Bertz CT molecular complexity index is 373. The molecule has 0 spiro atoms. The Kier molecular flexibility index (Phi) is 3.97. The van der Waals surface area contributed by atoms with Crippen LogP contribution in [0, 0.1) is 6.92 Å². The number of piperidine rings is 1. The van der Waals surface area contributed by atoms with Gasteiger partial charge >= 0.3 is 0 Å². The summed E-state index contributed by atoms with van der Waals surface area (Å²) in [7, 11) is 2.15. The number of aromatic nitrogens is 1. The fraction of sp³-hybridized carbons (Fsp3) is 0.615. The number of nitrogens with two attached hydrogens (primary N) is 1. The molecule has 4 heteroatoms. The summed E-state index contributed by atoms with van der Waals surface area (Å²) in [4.78, 5) is 6.73. The van der Waals surface area contributed by atoms with Crippen molar-refractivity contribution >= 4 is 0 Å². The number of aryl methyl sites for hydroxylation is 1. The molecule has 1 fully saturated rings. The fourth-order valence-corrected chi connectivity index (χ4v) is 2.16. The van der Waals surface area contributed by atoms with Crippen molar-refractivity contribution in [1.29, 1.82) is 0 Å². The molecule has 0 radical (unpaired) electrons. The van der Waals surface area contributed by atoms with Crippen LogP contribution in [0.1, 0.15) is 24.1 Å². The lowest BCUT2D eigenvalue weighted by Gasteiger charge is -2.29. The first kappa shape index (κ1) is 12.3. The average Bonchev–Trinajstić information content (AvgIpc) is 2.31. The molecule has 0 bridgehead atoms. The highest BCUT2D eigenvalue weighted by Crippen LogP contribution is 2.18. The molecule has 1 aliphatic heterocycles. The Labute approximate surface area is 103 Å². The van der Waals surface area contributed by atoms with Crippen LogP contribution in [0.3, 0.4) is 0 Å². The quantitative estimate of drug-likeness (QED) is 0.858. The van der Waals surface area contributed by atoms with E-state index in [9.17, 15) is 0 Å². The minimum atomic E-state index is 0.297. The van der Waals surface area contributed by atoms with Crippen LogP contribution in [0.15, 0.2) is 12.1 Å². The van der Waals surface area contributed by atoms with Crippen molar-refractivity contribution in [2.24, 2.45) is 5.73 Å². The van der Waals surface area contributed by atoms with E-state index >= 15 is 0 Å². The number of rotatable bonds is 3. The van der Waals surface area contributed by atoms with Gasteiger partial charge in [0.15, 0.2) is 0 Å². The number of ether oxygens (including phenoxy) is 1. The molecule has 2 rings (SSSR count). The van der Waals surface area contributed by atoms with Gasteiger partial charge in [-0.2, -0.15) is 0 Å². The number of hydrogen-bond donors (Lipinski definition) is 1. The van der Waals surface area contributed by atoms with Crippen molar-refractivity contribution < 1.29 is 4.74 Å². The Balaban J connectivity index is 2.00. The highest BCUT2D eigenvalue weighted by Gasteiger charge is 2.18. The number of likely N-dealkylation sites (tertiary alicyclic amines) is 1. The van der Waals surface area contributed by atoms with Crippen LogP contribution >= 0.6 is 0 Å². The van der Waals surface area contributed by atoms with Crippen LogP contribution < -0.4 is 10.5 Å². The maximum Gasteiger partial charge on any atom is 0.214 e. The zero-order valence-electron chi connectivity index (χ0n) is 10.6. The summed E-state index contributed by atoms with van der Waals surface area (Å²) in [5.74, 6) is 0.722. The van der Waals surface area contributed by atoms with Crippen LogP contribution in [0.2, 0.25) is 0 Å². The van der Waals surface area contributed by atoms with E-state index in [4.69, 9.17) is 10.5 Å². The minimum absolute atomic E-state index is 0.297. The monoisotopic (exact) mass is 235 g/mol. The summed E-state index contributed by atoms with van der Waals surface area (Å²) in [6.45, 7) is 4.70. The highest BCUT2D eigenvalue weighted by molar-refractivity contribution is 5.24. The van der Waals surface area contributed by atoms with E-state index in [-0.39, 0.29) is 0 Å². The van der Waals surface area contributed by atoms with E-state index in [1.54, 1.807) is 0 Å². The molecule has 2 N–H and O–H groups in total. The number of nitrogens with zero attached hydrogens (tertiary/aromatic N) is 2. The normalized spacial score (nSPS) is 18.3. The molecule has 0 saturated carbocycles. The standard InChI is InChI=1S/C13H21N3O/c1-10-7-11(9-14)8-13(15-10)17-12-3-5-16(2)6-4-12/h7-8,12H,3-6,9,14H2,1-2H3. The average molecular weight is 235 g/mol. The second-order valence-corrected chi connectivity index (χ2v) is 4.78. The third-order valence-electron chi connectivity index (χ3n) is 3.18. The zero-order chi connectivity index (χ0) is 12.3. The van der Waals surface area contributed by atoms with Crippen LogP contribution in [0.25, 0.3) is 0 Å². The molecule has 0 aromatic carbocycles. The fourth-order valence-electron chi connectivity index (χ4n) is 2.16. The molecular formula is C13H21N3O. The summed E-state index contributed by atoms with van der Waals surface area (Å²) < 4.78 is 5.93. The third kappa shape index (κ3) is 3.41. The van der Waals surface area contributed by atoms with Crippen molar-refractivity contribution in [1.82, 2.24) is 9.88 Å². The second-order valence-electron chi connectivity index (χ2n) is 4.78. The van der Waals surface area contributed by atoms with E-state index < -0.39 is 0 Å². The Morgan fingerprint density at radius 3 is 2.76 bits per heavy atom. The lowest BCUT2D eigenvalue weighted by atomic mass is 10.1. The van der Waals surface area contributed by atoms with Crippen molar-refractivity contribution in [3.63, 3.8) is 0 Å². The van der Waals surface area contributed by atoms with E-state index in [1.165, 1.54) is 0 Å². The predicted octanol–water partition coefficient (Wildman–Crippen LogP) is 1.32. The van der Waals surface area contributed by atoms with Crippen LogP contribution in [0.5, 0.6) is 5.88 Å². The van der Waals surface area contributed by atoms with Crippen molar-refractivity contribution in [2.45, 2.75) is 32.4 Å². The molecule has 0 aliphatic carbocycles. The van der Waals surface area contributed by atoms with E-state index in [1.807, 2.05) is 19.1 Å². The van der Waals surface area contributed by atoms with Gasteiger partial charge in [0, 0.05) is 31.4 Å². The highest BCUT2D eigenvalue weighted by atomic mass is 16.5. The van der Waals surface area contributed by atoms with Gasteiger partial charge in [-0.1, -0.05) is 0 Å². The molecule has 1 aromatic rings. The summed E-state index contributed by atoms with van der Waals surface area (Å²) >= 11 is 0.